The first kappa shape index (κ1) is 21.3. The van der Waals surface area contributed by atoms with Gasteiger partial charge in [0.15, 0.2) is 0 Å². The zero-order valence-corrected chi connectivity index (χ0v) is 18.4. The number of aryl methyl sites for hydroxylation is 1. The summed E-state index contributed by atoms with van der Waals surface area (Å²) < 4.78 is 19.0. The first-order valence-electron chi connectivity index (χ1n) is 10.8. The molecule has 1 amide bonds. The van der Waals surface area contributed by atoms with Crippen LogP contribution in [0.2, 0.25) is 0 Å². The van der Waals surface area contributed by atoms with Crippen molar-refractivity contribution in [3.05, 3.63) is 114 Å². The maximum absolute atomic E-state index is 13.2. The van der Waals surface area contributed by atoms with Gasteiger partial charge in [0.1, 0.15) is 29.2 Å². The molecule has 0 saturated carbocycles. The predicted molar refractivity (Wildman–Crippen MR) is 129 cm³/mol. The van der Waals surface area contributed by atoms with Crippen molar-refractivity contribution in [3.63, 3.8) is 0 Å². The normalized spacial score (nSPS) is 10.9. The molecule has 6 nitrogen and oxygen atoms in total. The van der Waals surface area contributed by atoms with Gasteiger partial charge < -0.3 is 10.1 Å². The molecule has 0 radical (unpaired) electrons. The molecule has 0 spiro atoms. The summed E-state index contributed by atoms with van der Waals surface area (Å²) in [6, 6.07) is 26.5. The third-order valence-corrected chi connectivity index (χ3v) is 5.40. The lowest BCUT2D eigenvalue weighted by atomic mass is 10.1. The summed E-state index contributed by atoms with van der Waals surface area (Å²) in [5.74, 6) is 0.135. The molecule has 1 aromatic heterocycles. The van der Waals surface area contributed by atoms with Crippen LogP contribution in [0.15, 0.2) is 91.0 Å². The Bertz CT molecular complexity index is 1450. The second-order valence-electron chi connectivity index (χ2n) is 7.87. The van der Waals surface area contributed by atoms with Gasteiger partial charge in [0, 0.05) is 11.3 Å². The Kier molecular flexibility index (Phi) is 5.74. The molecule has 0 unspecified atom stereocenters. The second kappa shape index (κ2) is 9.15. The van der Waals surface area contributed by atoms with Crippen LogP contribution in [-0.4, -0.2) is 20.9 Å². The summed E-state index contributed by atoms with van der Waals surface area (Å²) >= 11 is 0. The van der Waals surface area contributed by atoms with E-state index in [9.17, 15) is 9.18 Å². The van der Waals surface area contributed by atoms with Crippen LogP contribution in [-0.2, 0) is 6.61 Å². The molecule has 0 aliphatic rings. The van der Waals surface area contributed by atoms with Crippen molar-refractivity contribution < 1.29 is 13.9 Å². The fourth-order valence-corrected chi connectivity index (χ4v) is 3.53. The Hall–Kier alpha value is -4.52. The van der Waals surface area contributed by atoms with Gasteiger partial charge in [-0.3, -0.25) is 4.79 Å². The van der Waals surface area contributed by atoms with E-state index >= 15 is 0 Å². The van der Waals surface area contributed by atoms with Gasteiger partial charge in [-0.05, 0) is 78.7 Å². The summed E-state index contributed by atoms with van der Waals surface area (Å²) in [5.41, 5.74) is 5.04. The molecule has 4 aromatic carbocycles. The molecular weight excluding hydrogens is 431 g/mol. The predicted octanol–water partition coefficient (Wildman–Crippen LogP) is 5.70. The number of fused-ring (bicyclic) bond motifs is 1. The number of hydrogen-bond donors (Lipinski definition) is 1. The standard InChI is InChI=1S/C27H21FN4O2/c1-18-15-25-26(31-32(30-25)22-11-9-21(28)10-12-22)16-24(18)29-27(33)20-7-13-23(14-8-20)34-17-19-5-3-2-4-6-19/h2-16H,17H2,1H3,(H,29,33). The fourth-order valence-electron chi connectivity index (χ4n) is 3.53. The highest BCUT2D eigenvalue weighted by atomic mass is 19.1. The van der Waals surface area contributed by atoms with Gasteiger partial charge in [-0.15, -0.1) is 10.2 Å². The number of ether oxygens (including phenoxy) is 1. The minimum absolute atomic E-state index is 0.233. The van der Waals surface area contributed by atoms with Gasteiger partial charge in [-0.2, -0.15) is 4.80 Å². The smallest absolute Gasteiger partial charge is 0.255 e. The highest BCUT2D eigenvalue weighted by Crippen LogP contribution is 2.23. The van der Waals surface area contributed by atoms with Gasteiger partial charge in [0.25, 0.3) is 5.91 Å². The lowest BCUT2D eigenvalue weighted by Crippen LogP contribution is -2.12. The number of aromatic nitrogens is 3. The second-order valence-corrected chi connectivity index (χ2v) is 7.87. The first-order chi connectivity index (χ1) is 16.5. The van der Waals surface area contributed by atoms with Crippen molar-refractivity contribution in [2.45, 2.75) is 13.5 Å². The molecule has 5 rings (SSSR count). The highest BCUT2D eigenvalue weighted by Gasteiger charge is 2.12. The number of hydrogen-bond acceptors (Lipinski definition) is 4. The summed E-state index contributed by atoms with van der Waals surface area (Å²) in [7, 11) is 0. The maximum Gasteiger partial charge on any atom is 0.255 e. The van der Waals surface area contributed by atoms with E-state index in [2.05, 4.69) is 15.5 Å². The average Bonchev–Trinajstić information content (AvgIpc) is 3.27. The highest BCUT2D eigenvalue weighted by molar-refractivity contribution is 6.05. The lowest BCUT2D eigenvalue weighted by molar-refractivity contribution is 0.102. The third-order valence-electron chi connectivity index (χ3n) is 5.40. The van der Waals surface area contributed by atoms with Crippen molar-refractivity contribution in [2.24, 2.45) is 0 Å². The van der Waals surface area contributed by atoms with Gasteiger partial charge >= 0.3 is 0 Å². The van der Waals surface area contributed by atoms with Gasteiger partial charge in [-0.25, -0.2) is 4.39 Å². The Balaban J connectivity index is 1.29. The topological polar surface area (TPSA) is 69.0 Å². The largest absolute Gasteiger partial charge is 0.489 e. The lowest BCUT2D eigenvalue weighted by Gasteiger charge is -2.10. The Morgan fingerprint density at radius 2 is 1.59 bits per heavy atom. The van der Waals surface area contributed by atoms with E-state index in [4.69, 9.17) is 4.74 Å². The molecule has 0 fully saturated rings. The molecule has 5 aromatic rings. The SMILES string of the molecule is Cc1cc2nn(-c3ccc(F)cc3)nc2cc1NC(=O)c1ccc(OCc2ccccc2)cc1. The van der Waals surface area contributed by atoms with Crippen LogP contribution in [0.25, 0.3) is 16.7 Å². The van der Waals surface area contributed by atoms with E-state index < -0.39 is 0 Å². The van der Waals surface area contributed by atoms with Crippen molar-refractivity contribution >= 4 is 22.6 Å². The fraction of sp³-hybridized carbons (Fsp3) is 0.0741. The number of halogens is 1. The molecule has 168 valence electrons. The third kappa shape index (κ3) is 4.63. The molecule has 0 aliphatic heterocycles. The number of benzene rings is 4. The number of carbonyl (C=O) groups is 1. The van der Waals surface area contributed by atoms with Gasteiger partial charge in [0.05, 0.1) is 5.69 Å². The molecule has 34 heavy (non-hydrogen) atoms. The molecule has 1 N–H and O–H groups in total. The number of rotatable bonds is 6. The Morgan fingerprint density at radius 1 is 0.912 bits per heavy atom. The van der Waals surface area contributed by atoms with Crippen LogP contribution in [0.3, 0.4) is 0 Å². The van der Waals surface area contributed by atoms with Gasteiger partial charge in [-0.1, -0.05) is 30.3 Å². The summed E-state index contributed by atoms with van der Waals surface area (Å²) in [4.78, 5) is 14.3. The van der Waals surface area contributed by atoms with E-state index in [1.165, 1.54) is 16.9 Å². The molecule has 1 heterocycles. The minimum Gasteiger partial charge on any atom is -0.489 e. The van der Waals surface area contributed by atoms with Crippen LogP contribution in [0, 0.1) is 12.7 Å². The average molecular weight is 452 g/mol. The summed E-state index contributed by atoms with van der Waals surface area (Å²) in [6.45, 7) is 2.36. The number of carbonyl (C=O) groups excluding carboxylic acids is 1. The van der Waals surface area contributed by atoms with E-state index in [1.54, 1.807) is 42.5 Å². The van der Waals surface area contributed by atoms with Crippen LogP contribution in [0.4, 0.5) is 10.1 Å². The van der Waals surface area contributed by atoms with Crippen LogP contribution in [0.5, 0.6) is 5.75 Å². The van der Waals surface area contributed by atoms with Crippen molar-refractivity contribution in [2.75, 3.05) is 5.32 Å². The van der Waals surface area contributed by atoms with Crippen LogP contribution in [0.1, 0.15) is 21.5 Å². The summed E-state index contributed by atoms with van der Waals surface area (Å²) in [6.07, 6.45) is 0. The minimum atomic E-state index is -0.322. The van der Waals surface area contributed by atoms with E-state index in [-0.39, 0.29) is 11.7 Å². The Labute approximate surface area is 195 Å². The number of amides is 1. The maximum atomic E-state index is 13.2. The van der Waals surface area contributed by atoms with E-state index in [1.807, 2.05) is 43.3 Å². The monoisotopic (exact) mass is 452 g/mol. The number of anilines is 1. The molecule has 7 heteroatoms. The van der Waals surface area contributed by atoms with E-state index in [0.717, 1.165) is 11.1 Å². The quantitative estimate of drug-likeness (QED) is 0.359. The van der Waals surface area contributed by atoms with Crippen molar-refractivity contribution in [1.29, 1.82) is 0 Å². The van der Waals surface area contributed by atoms with Crippen LogP contribution < -0.4 is 10.1 Å². The number of nitrogens with one attached hydrogen (secondary N) is 1. The molecule has 0 aliphatic carbocycles. The first-order valence-corrected chi connectivity index (χ1v) is 10.8. The number of nitrogens with zero attached hydrogens (tertiary/aromatic N) is 3. The summed E-state index contributed by atoms with van der Waals surface area (Å²) in [5, 5.41) is 11.9. The molecule has 0 atom stereocenters. The van der Waals surface area contributed by atoms with Crippen LogP contribution >= 0.6 is 0 Å². The molecule has 0 bridgehead atoms. The molecule has 0 saturated heterocycles. The van der Waals surface area contributed by atoms with Gasteiger partial charge in [0.2, 0.25) is 0 Å². The molecular formula is C27H21FN4O2. The Morgan fingerprint density at radius 3 is 2.29 bits per heavy atom. The zero-order chi connectivity index (χ0) is 23.5. The van der Waals surface area contributed by atoms with E-state index in [0.29, 0.717) is 40.3 Å². The zero-order valence-electron chi connectivity index (χ0n) is 18.4. The van der Waals surface area contributed by atoms with Crippen molar-refractivity contribution in [3.8, 4) is 11.4 Å². The van der Waals surface area contributed by atoms with Crippen molar-refractivity contribution in [1.82, 2.24) is 15.0 Å².